The van der Waals surface area contributed by atoms with Crippen LogP contribution in [-0.2, 0) is 4.79 Å². The van der Waals surface area contributed by atoms with Crippen LogP contribution in [-0.4, -0.2) is 47.4 Å². The molecule has 1 amide bonds. The van der Waals surface area contributed by atoms with Gasteiger partial charge in [0.2, 0.25) is 5.91 Å². The van der Waals surface area contributed by atoms with Crippen LogP contribution in [0.1, 0.15) is 32.1 Å². The Morgan fingerprint density at radius 3 is 2.41 bits per heavy atom. The third kappa shape index (κ3) is 1.75. The summed E-state index contributed by atoms with van der Waals surface area (Å²) in [4.78, 5) is 16.6. The van der Waals surface area contributed by atoms with Gasteiger partial charge in [-0.2, -0.15) is 0 Å². The summed E-state index contributed by atoms with van der Waals surface area (Å²) < 4.78 is 0. The molecule has 0 aromatic heterocycles. The zero-order valence-corrected chi connectivity index (χ0v) is 10.4. The number of amides is 1. The van der Waals surface area contributed by atoms with E-state index in [4.69, 9.17) is 6.42 Å². The van der Waals surface area contributed by atoms with E-state index in [1.165, 1.54) is 12.8 Å². The lowest BCUT2D eigenvalue weighted by atomic mass is 9.97. The number of fused-ring (bicyclic) bond motifs is 2. The largest absolute Gasteiger partial charge is 0.338 e. The number of terminal acetylenes is 1. The SMILES string of the molecule is C#CC1CC(=O)N(C2CC3CCC(C2)N3C)C1. The molecule has 3 nitrogen and oxygen atoms in total. The van der Waals surface area contributed by atoms with Gasteiger partial charge in [0.1, 0.15) is 0 Å². The first kappa shape index (κ1) is 11.1. The van der Waals surface area contributed by atoms with E-state index in [-0.39, 0.29) is 11.8 Å². The maximum absolute atomic E-state index is 12.0. The fraction of sp³-hybridized carbons (Fsp3) is 0.786. The van der Waals surface area contributed by atoms with Gasteiger partial charge >= 0.3 is 0 Å². The minimum Gasteiger partial charge on any atom is -0.338 e. The van der Waals surface area contributed by atoms with E-state index >= 15 is 0 Å². The molecule has 3 aliphatic heterocycles. The Balaban J connectivity index is 1.71. The van der Waals surface area contributed by atoms with Gasteiger partial charge < -0.3 is 9.80 Å². The quantitative estimate of drug-likeness (QED) is 0.632. The topological polar surface area (TPSA) is 23.6 Å². The molecule has 3 unspecified atom stereocenters. The Kier molecular flexibility index (Phi) is 2.63. The van der Waals surface area contributed by atoms with Crippen molar-refractivity contribution < 1.29 is 4.79 Å². The number of hydrogen-bond donors (Lipinski definition) is 0. The monoisotopic (exact) mass is 232 g/mol. The normalized spacial score (nSPS) is 41.9. The molecule has 0 saturated carbocycles. The molecule has 3 fully saturated rings. The second kappa shape index (κ2) is 4.03. The highest BCUT2D eigenvalue weighted by molar-refractivity contribution is 5.79. The van der Waals surface area contributed by atoms with Crippen molar-refractivity contribution in [1.29, 1.82) is 0 Å². The van der Waals surface area contributed by atoms with Gasteiger partial charge in [0.15, 0.2) is 0 Å². The fourth-order valence-corrected chi connectivity index (χ4v) is 3.83. The summed E-state index contributed by atoms with van der Waals surface area (Å²) in [5, 5.41) is 0. The molecule has 0 spiro atoms. The molecule has 3 saturated heterocycles. The molecule has 92 valence electrons. The maximum Gasteiger partial charge on any atom is 0.224 e. The Morgan fingerprint density at radius 2 is 1.88 bits per heavy atom. The van der Waals surface area contributed by atoms with E-state index in [1.54, 1.807) is 0 Å². The Morgan fingerprint density at radius 1 is 1.24 bits per heavy atom. The predicted molar refractivity (Wildman–Crippen MR) is 66.2 cm³/mol. The van der Waals surface area contributed by atoms with Crippen LogP contribution in [0.2, 0.25) is 0 Å². The van der Waals surface area contributed by atoms with Gasteiger partial charge in [-0.3, -0.25) is 4.79 Å². The van der Waals surface area contributed by atoms with Crippen molar-refractivity contribution in [3.63, 3.8) is 0 Å². The first-order valence-corrected chi connectivity index (χ1v) is 6.66. The fourth-order valence-electron chi connectivity index (χ4n) is 3.83. The Bertz CT molecular complexity index is 359. The first-order chi connectivity index (χ1) is 8.19. The maximum atomic E-state index is 12.0. The molecule has 3 atom stereocenters. The molecule has 0 N–H and O–H groups in total. The molecular formula is C14H20N2O. The van der Waals surface area contributed by atoms with Crippen LogP contribution in [0, 0.1) is 18.3 Å². The van der Waals surface area contributed by atoms with E-state index < -0.39 is 0 Å². The molecule has 3 heteroatoms. The molecule has 0 aliphatic carbocycles. The highest BCUT2D eigenvalue weighted by Gasteiger charge is 2.43. The minimum atomic E-state index is 0.153. The van der Waals surface area contributed by atoms with Crippen LogP contribution in [0.5, 0.6) is 0 Å². The second-order valence-corrected chi connectivity index (χ2v) is 5.79. The lowest BCUT2D eigenvalue weighted by Crippen LogP contribution is -2.49. The van der Waals surface area contributed by atoms with Gasteiger partial charge in [0.05, 0.1) is 0 Å². The summed E-state index contributed by atoms with van der Waals surface area (Å²) >= 11 is 0. The van der Waals surface area contributed by atoms with Gasteiger partial charge in [-0.15, -0.1) is 12.3 Å². The molecule has 2 bridgehead atoms. The van der Waals surface area contributed by atoms with E-state index in [0.717, 1.165) is 19.4 Å². The number of carbonyl (C=O) groups excluding carboxylic acids is 1. The smallest absolute Gasteiger partial charge is 0.224 e. The van der Waals surface area contributed by atoms with Crippen LogP contribution in [0.15, 0.2) is 0 Å². The van der Waals surface area contributed by atoms with E-state index in [0.29, 0.717) is 24.5 Å². The van der Waals surface area contributed by atoms with Crippen molar-refractivity contribution in [1.82, 2.24) is 9.80 Å². The number of nitrogens with zero attached hydrogens (tertiary/aromatic N) is 2. The highest BCUT2D eigenvalue weighted by atomic mass is 16.2. The van der Waals surface area contributed by atoms with Crippen LogP contribution in [0.3, 0.4) is 0 Å². The molecule has 3 rings (SSSR count). The average Bonchev–Trinajstić information content (AvgIpc) is 2.76. The van der Waals surface area contributed by atoms with Gasteiger partial charge in [0, 0.05) is 37.0 Å². The summed E-state index contributed by atoms with van der Waals surface area (Å²) in [6, 6.07) is 1.84. The van der Waals surface area contributed by atoms with Gasteiger partial charge in [-0.1, -0.05) is 0 Å². The molecular weight excluding hydrogens is 212 g/mol. The summed E-state index contributed by atoms with van der Waals surface area (Å²) in [6.45, 7) is 0.795. The standard InChI is InChI=1S/C14H20N2O/c1-3-10-6-14(17)16(9-10)13-7-11-4-5-12(8-13)15(11)2/h1,10-13H,4-9H2,2H3. The van der Waals surface area contributed by atoms with Crippen molar-refractivity contribution in [3.8, 4) is 12.3 Å². The first-order valence-electron chi connectivity index (χ1n) is 6.66. The van der Waals surface area contributed by atoms with E-state index in [2.05, 4.69) is 22.8 Å². The molecule has 17 heavy (non-hydrogen) atoms. The summed E-state index contributed by atoms with van der Waals surface area (Å²) in [6.07, 6.45) is 10.9. The molecule has 3 heterocycles. The van der Waals surface area contributed by atoms with E-state index in [1.807, 2.05) is 0 Å². The third-order valence-corrected chi connectivity index (χ3v) is 4.91. The number of hydrogen-bond acceptors (Lipinski definition) is 2. The van der Waals surface area contributed by atoms with Crippen molar-refractivity contribution >= 4 is 5.91 Å². The number of likely N-dealkylation sites (tertiary alicyclic amines) is 1. The highest BCUT2D eigenvalue weighted by Crippen LogP contribution is 2.37. The summed E-state index contributed by atoms with van der Waals surface area (Å²) in [5.74, 6) is 3.17. The van der Waals surface area contributed by atoms with Crippen LogP contribution >= 0.6 is 0 Å². The van der Waals surface area contributed by atoms with E-state index in [9.17, 15) is 4.79 Å². The second-order valence-electron chi connectivity index (χ2n) is 5.79. The summed E-state index contributed by atoms with van der Waals surface area (Å²) in [5.41, 5.74) is 0. The van der Waals surface area contributed by atoms with Crippen LogP contribution in [0.25, 0.3) is 0 Å². The molecule has 0 radical (unpaired) electrons. The number of rotatable bonds is 1. The number of piperidine rings is 1. The lowest BCUT2D eigenvalue weighted by Gasteiger charge is -2.40. The van der Waals surface area contributed by atoms with Crippen molar-refractivity contribution in [3.05, 3.63) is 0 Å². The molecule has 3 aliphatic rings. The molecule has 0 aromatic carbocycles. The average molecular weight is 232 g/mol. The van der Waals surface area contributed by atoms with Crippen LogP contribution in [0.4, 0.5) is 0 Å². The Hall–Kier alpha value is -1.01. The van der Waals surface area contributed by atoms with Gasteiger partial charge in [-0.25, -0.2) is 0 Å². The third-order valence-electron chi connectivity index (χ3n) is 4.91. The van der Waals surface area contributed by atoms with Crippen molar-refractivity contribution in [2.75, 3.05) is 13.6 Å². The predicted octanol–water partition coefficient (Wildman–Crippen LogP) is 1.09. The van der Waals surface area contributed by atoms with Crippen molar-refractivity contribution in [2.45, 2.75) is 50.2 Å². The van der Waals surface area contributed by atoms with Crippen molar-refractivity contribution in [2.24, 2.45) is 5.92 Å². The van der Waals surface area contributed by atoms with Crippen LogP contribution < -0.4 is 0 Å². The Labute approximate surface area is 103 Å². The number of carbonyl (C=O) groups is 1. The minimum absolute atomic E-state index is 0.153. The zero-order chi connectivity index (χ0) is 12.0. The molecule has 0 aromatic rings. The van der Waals surface area contributed by atoms with Gasteiger partial charge in [0.25, 0.3) is 0 Å². The summed E-state index contributed by atoms with van der Waals surface area (Å²) in [7, 11) is 2.23. The zero-order valence-electron chi connectivity index (χ0n) is 10.4. The van der Waals surface area contributed by atoms with Gasteiger partial charge in [-0.05, 0) is 32.7 Å². The lowest BCUT2D eigenvalue weighted by molar-refractivity contribution is -0.130.